The fraction of sp³-hybridized carbons (Fsp3) is 0.256. The molecule has 1 saturated heterocycles. The van der Waals surface area contributed by atoms with Crippen LogP contribution in [0.5, 0.6) is 0 Å². The van der Waals surface area contributed by atoms with Gasteiger partial charge in [-0.05, 0) is 34.4 Å². The molecule has 1 aromatic heterocycles. The number of hydrogen-bond acceptors (Lipinski definition) is 7. The van der Waals surface area contributed by atoms with Crippen molar-refractivity contribution in [1.29, 1.82) is 0 Å². The topological polar surface area (TPSA) is 76.4 Å². The lowest BCUT2D eigenvalue weighted by Gasteiger charge is -2.45. The normalized spacial score (nSPS) is 21.2. The number of carbonyl (C=O) groups excluding carboxylic acids is 1. The summed E-state index contributed by atoms with van der Waals surface area (Å²) in [4.78, 5) is 14.0. The van der Waals surface area contributed by atoms with Gasteiger partial charge in [-0.15, -0.1) is 0 Å². The van der Waals surface area contributed by atoms with Gasteiger partial charge in [0.25, 0.3) is 0 Å². The minimum absolute atomic E-state index is 0.173. The molecular formula is C39H38O7. The van der Waals surface area contributed by atoms with Gasteiger partial charge in [0.15, 0.2) is 11.9 Å². The highest BCUT2D eigenvalue weighted by atomic mass is 16.6. The minimum atomic E-state index is -1.03. The van der Waals surface area contributed by atoms with Gasteiger partial charge in [-0.3, -0.25) is 4.79 Å². The Labute approximate surface area is 269 Å². The molecular weight excluding hydrogens is 580 g/mol. The van der Waals surface area contributed by atoms with Crippen LogP contribution in [-0.2, 0) is 50.1 Å². The lowest BCUT2D eigenvalue weighted by molar-refractivity contribution is -0.262. The number of Topliss-reactive ketones (excluding diaryl/α,β-unsaturated/α-hetero) is 1. The number of ether oxygens (including phenoxy) is 5. The summed E-state index contributed by atoms with van der Waals surface area (Å²) in [6.07, 6.45) is -2.32. The standard InChI is InChI=1S/C39H38O7/c40-35(33-22-13-23-42-33)37-39(45-27-32-20-11-4-12-21-32)38(44-26-31-18-9-3-10-19-31)36(43-25-30-16-7-2-8-17-30)34(46-37)28-41-24-29-14-5-1-6-15-29/h1-23,34,36-39H,24-28H2/t34?,36-,37+,38?,39?/m1/s1. The van der Waals surface area contributed by atoms with Gasteiger partial charge in [-0.25, -0.2) is 0 Å². The molecule has 0 N–H and O–H groups in total. The van der Waals surface area contributed by atoms with Gasteiger partial charge in [-0.1, -0.05) is 121 Å². The zero-order chi connectivity index (χ0) is 31.4. The Hall–Kier alpha value is -4.37. The largest absolute Gasteiger partial charge is 0.461 e. The number of rotatable bonds is 15. The molecule has 0 aliphatic carbocycles. The molecule has 1 aliphatic rings. The summed E-state index contributed by atoms with van der Waals surface area (Å²) in [6, 6.07) is 42.9. The van der Waals surface area contributed by atoms with Gasteiger partial charge < -0.3 is 28.1 Å². The summed E-state index contributed by atoms with van der Waals surface area (Å²) in [5.41, 5.74) is 3.99. The predicted molar refractivity (Wildman–Crippen MR) is 173 cm³/mol. The van der Waals surface area contributed by atoms with Crippen molar-refractivity contribution < 1.29 is 32.9 Å². The van der Waals surface area contributed by atoms with Crippen LogP contribution in [0.15, 0.2) is 144 Å². The smallest absolute Gasteiger partial charge is 0.229 e. The Kier molecular flexibility index (Phi) is 11.2. The van der Waals surface area contributed by atoms with E-state index in [1.807, 2.05) is 121 Å². The highest BCUT2D eigenvalue weighted by molar-refractivity contribution is 5.97. The molecule has 46 heavy (non-hydrogen) atoms. The lowest BCUT2D eigenvalue weighted by Crippen LogP contribution is -2.63. The number of furan rings is 1. The van der Waals surface area contributed by atoms with Gasteiger partial charge in [0.1, 0.15) is 24.4 Å². The molecule has 6 rings (SSSR count). The van der Waals surface area contributed by atoms with Crippen LogP contribution in [0.2, 0.25) is 0 Å². The fourth-order valence-corrected chi connectivity index (χ4v) is 5.56. The molecule has 1 fully saturated rings. The van der Waals surface area contributed by atoms with Crippen LogP contribution in [0.25, 0.3) is 0 Å². The summed E-state index contributed by atoms with van der Waals surface area (Å²) in [5.74, 6) is -0.140. The van der Waals surface area contributed by atoms with Crippen molar-refractivity contribution in [1.82, 2.24) is 0 Å². The Bertz CT molecular complexity index is 1580. The fourth-order valence-electron chi connectivity index (χ4n) is 5.56. The summed E-state index contributed by atoms with van der Waals surface area (Å²) in [5, 5.41) is 0. The minimum Gasteiger partial charge on any atom is -0.461 e. The van der Waals surface area contributed by atoms with Gasteiger partial charge in [-0.2, -0.15) is 0 Å². The average molecular weight is 619 g/mol. The van der Waals surface area contributed by atoms with Crippen LogP contribution in [0.1, 0.15) is 32.8 Å². The molecule has 5 aromatic rings. The zero-order valence-corrected chi connectivity index (χ0v) is 25.6. The Morgan fingerprint density at radius 3 is 1.46 bits per heavy atom. The molecule has 236 valence electrons. The molecule has 7 heteroatoms. The second-order valence-corrected chi connectivity index (χ2v) is 11.2. The lowest BCUT2D eigenvalue weighted by atomic mass is 9.91. The number of ketones is 1. The van der Waals surface area contributed by atoms with Crippen LogP contribution in [0.4, 0.5) is 0 Å². The SMILES string of the molecule is O=C(c1ccco1)[C@@H]1OC(COCc2ccccc2)[C@@H](OCc2ccccc2)C(OCc2ccccc2)C1OCc1ccccc1. The van der Waals surface area contributed by atoms with Crippen molar-refractivity contribution in [3.8, 4) is 0 Å². The van der Waals surface area contributed by atoms with Crippen LogP contribution < -0.4 is 0 Å². The molecule has 0 radical (unpaired) electrons. The summed E-state index contributed by atoms with van der Waals surface area (Å²) < 4.78 is 38.3. The first kappa shape index (κ1) is 31.6. The van der Waals surface area contributed by atoms with Crippen LogP contribution in [0, 0.1) is 0 Å². The van der Waals surface area contributed by atoms with Crippen molar-refractivity contribution in [2.75, 3.05) is 6.61 Å². The molecule has 2 heterocycles. The van der Waals surface area contributed by atoms with Crippen LogP contribution >= 0.6 is 0 Å². The van der Waals surface area contributed by atoms with E-state index in [9.17, 15) is 4.79 Å². The molecule has 5 atom stereocenters. The van der Waals surface area contributed by atoms with Gasteiger partial charge in [0.2, 0.25) is 5.78 Å². The van der Waals surface area contributed by atoms with E-state index in [-0.39, 0.29) is 24.8 Å². The molecule has 0 amide bonds. The first-order chi connectivity index (χ1) is 22.7. The quantitative estimate of drug-likeness (QED) is 0.115. The van der Waals surface area contributed by atoms with Crippen molar-refractivity contribution in [3.05, 3.63) is 168 Å². The number of hydrogen-bond donors (Lipinski definition) is 0. The summed E-state index contributed by atoms with van der Waals surface area (Å²) in [6.45, 7) is 1.42. The molecule has 1 aliphatic heterocycles. The van der Waals surface area contributed by atoms with Crippen molar-refractivity contribution in [2.24, 2.45) is 0 Å². The Morgan fingerprint density at radius 2 is 0.978 bits per heavy atom. The van der Waals surface area contributed by atoms with Gasteiger partial charge in [0.05, 0.1) is 39.3 Å². The maximum Gasteiger partial charge on any atom is 0.229 e. The first-order valence-electron chi connectivity index (χ1n) is 15.6. The Balaban J connectivity index is 1.33. The molecule has 0 saturated carbocycles. The van der Waals surface area contributed by atoms with E-state index in [1.54, 1.807) is 12.1 Å². The van der Waals surface area contributed by atoms with E-state index in [1.165, 1.54) is 6.26 Å². The molecule has 0 spiro atoms. The number of benzene rings is 4. The third-order valence-electron chi connectivity index (χ3n) is 7.91. The van der Waals surface area contributed by atoms with Crippen LogP contribution in [-0.4, -0.2) is 42.9 Å². The van der Waals surface area contributed by atoms with Crippen LogP contribution in [0.3, 0.4) is 0 Å². The van der Waals surface area contributed by atoms with E-state index in [0.717, 1.165) is 22.3 Å². The Morgan fingerprint density at radius 1 is 0.522 bits per heavy atom. The summed E-state index contributed by atoms with van der Waals surface area (Å²) >= 11 is 0. The monoisotopic (exact) mass is 618 g/mol. The van der Waals surface area contributed by atoms with Gasteiger partial charge >= 0.3 is 0 Å². The van der Waals surface area contributed by atoms with E-state index in [0.29, 0.717) is 19.8 Å². The number of carbonyl (C=O) groups is 1. The van der Waals surface area contributed by atoms with E-state index >= 15 is 0 Å². The highest BCUT2D eigenvalue weighted by Gasteiger charge is 2.51. The van der Waals surface area contributed by atoms with E-state index < -0.39 is 30.5 Å². The third kappa shape index (κ3) is 8.46. The maximum absolute atomic E-state index is 14.0. The van der Waals surface area contributed by atoms with E-state index in [4.69, 9.17) is 28.1 Å². The first-order valence-corrected chi connectivity index (χ1v) is 15.6. The molecule has 4 aromatic carbocycles. The average Bonchev–Trinajstić information content (AvgIpc) is 3.66. The second kappa shape index (κ2) is 16.3. The maximum atomic E-state index is 14.0. The third-order valence-corrected chi connectivity index (χ3v) is 7.91. The van der Waals surface area contributed by atoms with Crippen molar-refractivity contribution in [2.45, 2.75) is 56.9 Å². The zero-order valence-electron chi connectivity index (χ0n) is 25.6. The highest BCUT2D eigenvalue weighted by Crippen LogP contribution is 2.32. The summed E-state index contributed by atoms with van der Waals surface area (Å²) in [7, 11) is 0. The van der Waals surface area contributed by atoms with Crippen molar-refractivity contribution in [3.63, 3.8) is 0 Å². The predicted octanol–water partition coefficient (Wildman–Crippen LogP) is 7.20. The van der Waals surface area contributed by atoms with Crippen molar-refractivity contribution >= 4 is 5.78 Å². The second-order valence-electron chi connectivity index (χ2n) is 11.2. The van der Waals surface area contributed by atoms with E-state index in [2.05, 4.69) is 0 Å². The molecule has 0 bridgehead atoms. The van der Waals surface area contributed by atoms with Gasteiger partial charge in [0, 0.05) is 0 Å². The molecule has 7 nitrogen and oxygen atoms in total. The molecule has 3 unspecified atom stereocenters.